The average molecular weight is 458 g/mol. The van der Waals surface area contributed by atoms with E-state index in [1.165, 1.54) is 6.07 Å². The van der Waals surface area contributed by atoms with Crippen LogP contribution in [0.25, 0.3) is 0 Å². The Morgan fingerprint density at radius 1 is 1.00 bits per heavy atom. The van der Waals surface area contributed by atoms with Gasteiger partial charge >= 0.3 is 12.3 Å². The maximum absolute atomic E-state index is 13.0. The van der Waals surface area contributed by atoms with Crippen molar-refractivity contribution in [2.75, 3.05) is 19.6 Å². The first-order valence-electron chi connectivity index (χ1n) is 11.0. The maximum atomic E-state index is 13.0. The predicted molar refractivity (Wildman–Crippen MR) is 116 cm³/mol. The van der Waals surface area contributed by atoms with Crippen LogP contribution in [-0.2, 0) is 10.9 Å². The molecule has 1 aromatic rings. The van der Waals surface area contributed by atoms with Crippen molar-refractivity contribution in [2.45, 2.75) is 71.2 Å². The quantitative estimate of drug-likeness (QED) is 0.530. The second-order valence-electron chi connectivity index (χ2n) is 9.40. The van der Waals surface area contributed by atoms with Gasteiger partial charge in [-0.05, 0) is 83.1 Å². The molecular weight excluding hydrogens is 423 g/mol. The Labute approximate surface area is 187 Å². The molecule has 0 saturated heterocycles. The van der Waals surface area contributed by atoms with Gasteiger partial charge in [-0.25, -0.2) is 4.79 Å². The smallest absolute Gasteiger partial charge is 0.416 e. The summed E-state index contributed by atoms with van der Waals surface area (Å²) >= 11 is 0. The van der Waals surface area contributed by atoms with Crippen LogP contribution in [0, 0.1) is 12.8 Å². The second-order valence-corrected chi connectivity index (χ2v) is 9.40. The Morgan fingerprint density at radius 2 is 1.66 bits per heavy atom. The summed E-state index contributed by atoms with van der Waals surface area (Å²) < 4.78 is 44.1. The van der Waals surface area contributed by atoms with E-state index in [-0.39, 0.29) is 5.56 Å². The van der Waals surface area contributed by atoms with Crippen LogP contribution in [0.3, 0.4) is 0 Å². The molecule has 0 heterocycles. The number of benzene rings is 1. The summed E-state index contributed by atoms with van der Waals surface area (Å²) in [5, 5.41) is 8.91. The van der Waals surface area contributed by atoms with Crippen LogP contribution >= 0.6 is 0 Å². The number of nitrogens with one attached hydrogen (secondary N) is 3. The molecule has 2 rings (SSSR count). The third kappa shape index (κ3) is 9.06. The molecule has 3 N–H and O–H groups in total. The Morgan fingerprint density at radius 3 is 2.25 bits per heavy atom. The van der Waals surface area contributed by atoms with Crippen molar-refractivity contribution < 1.29 is 27.5 Å². The first-order valence-corrected chi connectivity index (χ1v) is 11.0. The molecule has 1 aliphatic rings. The van der Waals surface area contributed by atoms with Crippen molar-refractivity contribution in [3.63, 3.8) is 0 Å². The third-order valence-corrected chi connectivity index (χ3v) is 5.29. The second kappa shape index (κ2) is 11.0. The van der Waals surface area contributed by atoms with E-state index in [1.54, 1.807) is 6.92 Å². The average Bonchev–Trinajstić information content (AvgIpc) is 2.68. The molecule has 0 atom stereocenters. The molecule has 0 spiro atoms. The zero-order chi connectivity index (χ0) is 23.9. The number of alkyl carbamates (subject to hydrolysis) is 1. The van der Waals surface area contributed by atoms with Gasteiger partial charge in [-0.3, -0.25) is 4.79 Å². The topological polar surface area (TPSA) is 79.5 Å². The highest BCUT2D eigenvalue weighted by molar-refractivity contribution is 5.94. The molecule has 32 heavy (non-hydrogen) atoms. The van der Waals surface area contributed by atoms with Crippen molar-refractivity contribution in [1.29, 1.82) is 0 Å². The first-order chi connectivity index (χ1) is 14.8. The SMILES string of the molecule is Cc1cc(C(=O)NCC2CCC(NCCNC(=O)OC(C)(C)C)CC2)cc(C(F)(F)F)c1. The third-order valence-electron chi connectivity index (χ3n) is 5.29. The molecule has 180 valence electrons. The lowest BCUT2D eigenvalue weighted by Crippen LogP contribution is -2.41. The lowest BCUT2D eigenvalue weighted by atomic mass is 9.86. The summed E-state index contributed by atoms with van der Waals surface area (Å²) in [7, 11) is 0. The van der Waals surface area contributed by atoms with E-state index < -0.39 is 29.3 Å². The fourth-order valence-electron chi connectivity index (χ4n) is 3.74. The number of hydrogen-bond donors (Lipinski definition) is 3. The molecule has 1 aromatic carbocycles. The van der Waals surface area contributed by atoms with Crippen LogP contribution < -0.4 is 16.0 Å². The van der Waals surface area contributed by atoms with Gasteiger partial charge < -0.3 is 20.7 Å². The number of amides is 2. The molecule has 0 bridgehead atoms. The molecule has 6 nitrogen and oxygen atoms in total. The molecular formula is C23H34F3N3O3. The number of aryl methyl sites for hydroxylation is 1. The van der Waals surface area contributed by atoms with Gasteiger partial charge in [-0.15, -0.1) is 0 Å². The van der Waals surface area contributed by atoms with Gasteiger partial charge in [0.25, 0.3) is 5.91 Å². The van der Waals surface area contributed by atoms with Crippen molar-refractivity contribution in [3.05, 3.63) is 34.9 Å². The molecule has 1 aliphatic carbocycles. The van der Waals surface area contributed by atoms with Crippen LogP contribution in [-0.4, -0.2) is 43.3 Å². The summed E-state index contributed by atoms with van der Waals surface area (Å²) in [6.45, 7) is 8.54. The highest BCUT2D eigenvalue weighted by atomic mass is 19.4. The van der Waals surface area contributed by atoms with E-state index in [0.29, 0.717) is 37.2 Å². The van der Waals surface area contributed by atoms with Crippen LogP contribution in [0.15, 0.2) is 18.2 Å². The first kappa shape index (κ1) is 26.0. The number of ether oxygens (including phenoxy) is 1. The molecule has 1 saturated carbocycles. The maximum Gasteiger partial charge on any atom is 0.416 e. The zero-order valence-corrected chi connectivity index (χ0v) is 19.2. The molecule has 2 amide bonds. The largest absolute Gasteiger partial charge is 0.444 e. The molecule has 9 heteroatoms. The molecule has 0 radical (unpaired) electrons. The zero-order valence-electron chi connectivity index (χ0n) is 19.2. The molecule has 0 unspecified atom stereocenters. The van der Waals surface area contributed by atoms with Crippen LogP contribution in [0.1, 0.15) is 67.9 Å². The van der Waals surface area contributed by atoms with Gasteiger partial charge in [-0.1, -0.05) is 0 Å². The number of hydrogen-bond acceptors (Lipinski definition) is 4. The van der Waals surface area contributed by atoms with E-state index >= 15 is 0 Å². The highest BCUT2D eigenvalue weighted by Crippen LogP contribution is 2.30. The van der Waals surface area contributed by atoms with E-state index in [0.717, 1.165) is 37.8 Å². The summed E-state index contributed by atoms with van der Waals surface area (Å²) in [5.74, 6) is -0.184. The number of carbonyl (C=O) groups is 2. The summed E-state index contributed by atoms with van der Waals surface area (Å²) in [6, 6.07) is 3.74. The summed E-state index contributed by atoms with van der Waals surface area (Å²) in [5.41, 5.74) is -0.899. The van der Waals surface area contributed by atoms with Crippen LogP contribution in [0.2, 0.25) is 0 Å². The van der Waals surface area contributed by atoms with Gasteiger partial charge in [0, 0.05) is 31.2 Å². The van der Waals surface area contributed by atoms with Gasteiger partial charge in [0.15, 0.2) is 0 Å². The Bertz CT molecular complexity index is 783. The van der Waals surface area contributed by atoms with E-state index in [2.05, 4.69) is 16.0 Å². The Hall–Kier alpha value is -2.29. The van der Waals surface area contributed by atoms with Crippen LogP contribution in [0.4, 0.5) is 18.0 Å². The number of alkyl halides is 3. The molecule has 0 aromatic heterocycles. The van der Waals surface area contributed by atoms with Crippen molar-refractivity contribution in [1.82, 2.24) is 16.0 Å². The number of rotatable bonds is 7. The minimum absolute atomic E-state index is 0.0326. The Balaban J connectivity index is 1.68. The number of carbonyl (C=O) groups excluding carboxylic acids is 2. The monoisotopic (exact) mass is 457 g/mol. The van der Waals surface area contributed by atoms with E-state index in [9.17, 15) is 22.8 Å². The summed E-state index contributed by atoms with van der Waals surface area (Å²) in [6.07, 6.45) is -1.20. The minimum Gasteiger partial charge on any atom is -0.444 e. The van der Waals surface area contributed by atoms with Gasteiger partial charge in [0.2, 0.25) is 0 Å². The Kier molecular flexibility index (Phi) is 8.95. The van der Waals surface area contributed by atoms with Crippen LogP contribution in [0.5, 0.6) is 0 Å². The van der Waals surface area contributed by atoms with Gasteiger partial charge in [0.05, 0.1) is 5.56 Å². The standard InChI is InChI=1S/C23H34F3N3O3/c1-15-11-17(13-18(12-15)23(24,25)26)20(30)29-14-16-5-7-19(8-6-16)27-9-10-28-21(31)32-22(2,3)4/h11-13,16,19,27H,5-10,14H2,1-4H3,(H,28,31)(H,29,30). The molecule has 1 fully saturated rings. The minimum atomic E-state index is -4.48. The predicted octanol–water partition coefficient (Wildman–Crippen LogP) is 4.42. The fraction of sp³-hybridized carbons (Fsp3) is 0.652. The van der Waals surface area contributed by atoms with Gasteiger partial charge in [0.1, 0.15) is 5.60 Å². The number of halogens is 3. The van der Waals surface area contributed by atoms with Crippen molar-refractivity contribution in [2.24, 2.45) is 5.92 Å². The fourth-order valence-corrected chi connectivity index (χ4v) is 3.74. The van der Waals surface area contributed by atoms with Gasteiger partial charge in [-0.2, -0.15) is 13.2 Å². The van der Waals surface area contributed by atoms with E-state index in [1.807, 2.05) is 20.8 Å². The van der Waals surface area contributed by atoms with Crippen molar-refractivity contribution >= 4 is 12.0 Å². The lowest BCUT2D eigenvalue weighted by Gasteiger charge is -2.29. The lowest BCUT2D eigenvalue weighted by molar-refractivity contribution is -0.137. The normalized spacial score (nSPS) is 19.3. The highest BCUT2D eigenvalue weighted by Gasteiger charge is 2.31. The van der Waals surface area contributed by atoms with E-state index in [4.69, 9.17) is 4.74 Å². The molecule has 0 aliphatic heterocycles. The van der Waals surface area contributed by atoms with Crippen molar-refractivity contribution in [3.8, 4) is 0 Å². The summed E-state index contributed by atoms with van der Waals surface area (Å²) in [4.78, 5) is 24.0.